The first-order chi connectivity index (χ1) is 25.1. The third kappa shape index (κ3) is 10.3. The summed E-state index contributed by atoms with van der Waals surface area (Å²) < 4.78 is 62.0. The topological polar surface area (TPSA) is 145 Å². The molecule has 1 aliphatic rings. The van der Waals surface area contributed by atoms with Crippen molar-refractivity contribution in [1.29, 1.82) is 0 Å². The number of nitrogens with one attached hydrogen (secondary N) is 2. The molecule has 1 fully saturated rings. The Balaban J connectivity index is 1.39. The highest BCUT2D eigenvalue weighted by Gasteiger charge is 2.48. The number of hydrogen-bond acceptors (Lipinski definition) is 8. The first kappa shape index (κ1) is 40.0. The fourth-order valence-corrected chi connectivity index (χ4v) is 9.43. The molecule has 4 N–H and O–H groups in total. The van der Waals surface area contributed by atoms with Crippen LogP contribution in [0.1, 0.15) is 65.1 Å². The number of aliphatic hydroxyl groups excluding tert-OH is 1. The number of methoxy groups -OCH3 is 1. The van der Waals surface area contributed by atoms with Crippen LogP contribution in [0, 0.1) is 5.92 Å². The van der Waals surface area contributed by atoms with E-state index in [1.54, 1.807) is 38.1 Å². The van der Waals surface area contributed by atoms with Gasteiger partial charge >= 0.3 is 6.09 Å². The number of hydrogen-bond donors (Lipinski definition) is 4. The highest BCUT2D eigenvalue weighted by molar-refractivity contribution is 7.89. The number of nitrogens with zero attached hydrogens (tertiary/aromatic N) is 1. The predicted octanol–water partition coefficient (Wildman–Crippen LogP) is 6.00. The molecule has 4 aromatic rings. The van der Waals surface area contributed by atoms with Crippen LogP contribution in [0.25, 0.3) is 0 Å². The monoisotopic (exact) mass is 769 g/mol. The Bertz CT molecular complexity index is 1890. The highest BCUT2D eigenvalue weighted by Crippen LogP contribution is 2.44. The molecular formula is C39H45F2N3O7S2. The average Bonchev–Trinajstić information content (AvgIpc) is 3.58. The van der Waals surface area contributed by atoms with Crippen molar-refractivity contribution >= 4 is 33.4 Å². The van der Waals surface area contributed by atoms with Crippen LogP contribution in [0.4, 0.5) is 13.6 Å². The Morgan fingerprint density at radius 1 is 0.962 bits per heavy atom. The Kier molecular flexibility index (Phi) is 12.7. The second-order valence-electron chi connectivity index (χ2n) is 14.0. The number of thiophene rings is 1. The van der Waals surface area contributed by atoms with Gasteiger partial charge in [-0.05, 0) is 60.7 Å². The standard InChI is InChI=1S/C39H45F2N3O7S2/c1-38(2,48)20-26-14-17-31(18-15-26)53(49,50)44(24-27-21-39(40,41)22-27)32(25-45)33-19-16-30(52-33)23-42-36(46)35(43-37(47)51-3)34(28-10-6-4-7-11-28)29-12-8-5-9-13-29/h4-19,27,32,34-35,45,48H,20-25H2,1-3H3,(H,42,46)(H,43,47)/t32-,35+/m1/s1. The quantitative estimate of drug-likeness (QED) is 0.109. The van der Waals surface area contributed by atoms with Crippen LogP contribution in [0.15, 0.2) is 102 Å². The zero-order valence-corrected chi connectivity index (χ0v) is 31.4. The molecule has 10 nitrogen and oxygen atoms in total. The van der Waals surface area contributed by atoms with Gasteiger partial charge in [0, 0.05) is 41.5 Å². The largest absolute Gasteiger partial charge is 0.453 e. The number of ether oxygens (including phenoxy) is 1. The number of carbonyl (C=O) groups is 2. The summed E-state index contributed by atoms with van der Waals surface area (Å²) in [6.45, 7) is 2.46. The number of alkyl halides is 2. The fraction of sp³-hybridized carbons (Fsp3) is 0.385. The predicted molar refractivity (Wildman–Crippen MR) is 198 cm³/mol. The van der Waals surface area contributed by atoms with Crippen molar-refractivity contribution in [3.05, 3.63) is 124 Å². The summed E-state index contributed by atoms with van der Waals surface area (Å²) in [5.74, 6) is -4.55. The Morgan fingerprint density at radius 3 is 2.06 bits per heavy atom. The minimum atomic E-state index is -4.28. The van der Waals surface area contributed by atoms with E-state index in [1.807, 2.05) is 60.7 Å². The van der Waals surface area contributed by atoms with Crippen LogP contribution >= 0.6 is 11.3 Å². The normalized spacial score (nSPS) is 15.8. The van der Waals surface area contributed by atoms with Crippen molar-refractivity contribution in [2.75, 3.05) is 20.3 Å². The maximum Gasteiger partial charge on any atom is 0.407 e. The molecule has 284 valence electrons. The number of sulfonamides is 1. The molecule has 3 aromatic carbocycles. The first-order valence-electron chi connectivity index (χ1n) is 17.2. The number of halogens is 2. The first-order valence-corrected chi connectivity index (χ1v) is 19.5. The minimum absolute atomic E-state index is 0.0154. The molecule has 0 saturated heterocycles. The third-order valence-corrected chi connectivity index (χ3v) is 12.2. The van der Waals surface area contributed by atoms with E-state index in [0.29, 0.717) is 21.7 Å². The third-order valence-electron chi connectivity index (χ3n) is 9.14. The van der Waals surface area contributed by atoms with Gasteiger partial charge in [0.15, 0.2) is 0 Å². The van der Waals surface area contributed by atoms with Gasteiger partial charge in [-0.25, -0.2) is 22.0 Å². The number of aliphatic hydroxyl groups is 2. The van der Waals surface area contributed by atoms with Crippen LogP contribution in [0.3, 0.4) is 0 Å². The van der Waals surface area contributed by atoms with Gasteiger partial charge < -0.3 is 25.6 Å². The van der Waals surface area contributed by atoms with Crippen LogP contribution in [-0.4, -0.2) is 72.8 Å². The molecule has 14 heteroatoms. The van der Waals surface area contributed by atoms with Crippen LogP contribution < -0.4 is 10.6 Å². The number of amides is 2. The lowest BCUT2D eigenvalue weighted by Crippen LogP contribution is -2.50. The summed E-state index contributed by atoms with van der Waals surface area (Å²) in [4.78, 5) is 27.4. The molecule has 1 aromatic heterocycles. The molecule has 53 heavy (non-hydrogen) atoms. The molecule has 2 amide bonds. The summed E-state index contributed by atoms with van der Waals surface area (Å²) in [5, 5.41) is 26.4. The lowest BCUT2D eigenvalue weighted by Gasteiger charge is -2.39. The average molecular weight is 770 g/mol. The minimum Gasteiger partial charge on any atom is -0.453 e. The van der Waals surface area contributed by atoms with Crippen LogP contribution in [0.2, 0.25) is 0 Å². The summed E-state index contributed by atoms with van der Waals surface area (Å²) in [6, 6.07) is 25.8. The van der Waals surface area contributed by atoms with E-state index >= 15 is 0 Å². The van der Waals surface area contributed by atoms with Crippen molar-refractivity contribution in [2.45, 2.75) is 74.1 Å². The van der Waals surface area contributed by atoms with Gasteiger partial charge in [0.2, 0.25) is 21.9 Å². The van der Waals surface area contributed by atoms with Gasteiger partial charge in [0.25, 0.3) is 0 Å². The summed E-state index contributed by atoms with van der Waals surface area (Å²) >= 11 is 1.17. The summed E-state index contributed by atoms with van der Waals surface area (Å²) in [5.41, 5.74) is 1.28. The number of alkyl carbamates (subject to hydrolysis) is 1. The maximum atomic E-state index is 14.1. The van der Waals surface area contributed by atoms with Gasteiger partial charge in [-0.15, -0.1) is 11.3 Å². The molecule has 0 bridgehead atoms. The second-order valence-corrected chi connectivity index (χ2v) is 17.1. The number of rotatable bonds is 16. The molecule has 2 atom stereocenters. The molecule has 0 unspecified atom stereocenters. The number of benzene rings is 3. The van der Waals surface area contributed by atoms with E-state index in [2.05, 4.69) is 10.6 Å². The van der Waals surface area contributed by atoms with E-state index in [0.717, 1.165) is 15.4 Å². The van der Waals surface area contributed by atoms with Gasteiger partial charge in [0.1, 0.15) is 6.04 Å². The smallest absolute Gasteiger partial charge is 0.407 e. The second kappa shape index (κ2) is 16.9. The van der Waals surface area contributed by atoms with E-state index in [4.69, 9.17) is 4.74 Å². The molecule has 0 aliphatic heterocycles. The van der Waals surface area contributed by atoms with E-state index < -0.39 is 76.9 Å². The molecule has 5 rings (SSSR count). The van der Waals surface area contributed by atoms with Crippen molar-refractivity contribution in [3.63, 3.8) is 0 Å². The van der Waals surface area contributed by atoms with Gasteiger partial charge in [-0.1, -0.05) is 72.8 Å². The molecule has 0 spiro atoms. The van der Waals surface area contributed by atoms with E-state index in [9.17, 15) is 37.0 Å². The van der Waals surface area contributed by atoms with E-state index in [-0.39, 0.29) is 18.0 Å². The van der Waals surface area contributed by atoms with Crippen molar-refractivity contribution in [1.82, 2.24) is 14.9 Å². The van der Waals surface area contributed by atoms with Crippen molar-refractivity contribution < 1.29 is 41.7 Å². The van der Waals surface area contributed by atoms with Gasteiger partial charge in [0.05, 0.1) is 36.8 Å². The van der Waals surface area contributed by atoms with Crippen LogP contribution in [-0.2, 0) is 32.5 Å². The summed E-state index contributed by atoms with van der Waals surface area (Å²) in [7, 11) is -3.07. The SMILES string of the molecule is COC(=O)N[C@H](C(=O)NCc1ccc([C@@H](CO)N(CC2CC(F)(F)C2)S(=O)(=O)c2ccc(CC(C)(C)O)cc2)s1)C(c1ccccc1)c1ccccc1. The summed E-state index contributed by atoms with van der Waals surface area (Å²) in [6.07, 6.45) is -1.42. The molecular weight excluding hydrogens is 725 g/mol. The van der Waals surface area contributed by atoms with Crippen molar-refractivity contribution in [2.24, 2.45) is 5.92 Å². The Morgan fingerprint density at radius 2 is 1.55 bits per heavy atom. The molecule has 0 radical (unpaired) electrons. The maximum absolute atomic E-state index is 14.1. The Hall–Kier alpha value is -4.21. The number of carbonyl (C=O) groups excluding carboxylic acids is 2. The van der Waals surface area contributed by atoms with Crippen LogP contribution in [0.5, 0.6) is 0 Å². The van der Waals surface area contributed by atoms with Gasteiger partial charge in [-0.2, -0.15) is 4.31 Å². The molecule has 1 aliphatic carbocycles. The zero-order valence-electron chi connectivity index (χ0n) is 29.7. The van der Waals surface area contributed by atoms with E-state index in [1.165, 1.54) is 30.6 Å². The van der Waals surface area contributed by atoms with Gasteiger partial charge in [-0.3, -0.25) is 4.79 Å². The fourth-order valence-electron chi connectivity index (χ4n) is 6.64. The lowest BCUT2D eigenvalue weighted by atomic mass is 9.81. The Labute approximate surface area is 312 Å². The lowest BCUT2D eigenvalue weighted by molar-refractivity contribution is -0.123. The molecule has 1 heterocycles. The molecule has 1 saturated carbocycles. The van der Waals surface area contributed by atoms with Crippen molar-refractivity contribution in [3.8, 4) is 0 Å². The zero-order chi connectivity index (χ0) is 38.4. The highest BCUT2D eigenvalue weighted by atomic mass is 32.2.